The highest BCUT2D eigenvalue weighted by molar-refractivity contribution is 5.48. The van der Waals surface area contributed by atoms with Crippen LogP contribution in [0.2, 0.25) is 0 Å². The second-order valence-corrected chi connectivity index (χ2v) is 3.25. The van der Waals surface area contributed by atoms with Crippen LogP contribution in [-0.4, -0.2) is 19.9 Å². The smallest absolute Gasteiger partial charge is 0.231 e. The standard InChI is InChI=1S/C11H15NO2/c1-2-12-7-6-9-4-3-5-10-11(9)14-8-13-10/h3-5,12H,2,6-8H2,1H3. The molecule has 14 heavy (non-hydrogen) atoms. The van der Waals surface area contributed by atoms with Crippen LogP contribution in [0, 0.1) is 0 Å². The molecule has 0 fully saturated rings. The second-order valence-electron chi connectivity index (χ2n) is 3.25. The van der Waals surface area contributed by atoms with Crippen molar-refractivity contribution >= 4 is 0 Å². The number of nitrogens with one attached hydrogen (secondary N) is 1. The summed E-state index contributed by atoms with van der Waals surface area (Å²) in [5, 5.41) is 3.29. The van der Waals surface area contributed by atoms with E-state index >= 15 is 0 Å². The molecule has 1 heterocycles. The molecule has 0 saturated carbocycles. The van der Waals surface area contributed by atoms with E-state index in [1.165, 1.54) is 5.56 Å². The molecule has 76 valence electrons. The average molecular weight is 193 g/mol. The van der Waals surface area contributed by atoms with Crippen LogP contribution in [0.4, 0.5) is 0 Å². The molecule has 0 aliphatic carbocycles. The van der Waals surface area contributed by atoms with Gasteiger partial charge in [0.1, 0.15) is 0 Å². The molecule has 0 spiro atoms. The summed E-state index contributed by atoms with van der Waals surface area (Å²) in [7, 11) is 0. The summed E-state index contributed by atoms with van der Waals surface area (Å²) in [6, 6.07) is 6.04. The maximum atomic E-state index is 5.41. The molecule has 0 saturated heterocycles. The molecule has 1 aliphatic rings. The van der Waals surface area contributed by atoms with E-state index in [4.69, 9.17) is 9.47 Å². The molecule has 1 aliphatic heterocycles. The summed E-state index contributed by atoms with van der Waals surface area (Å²) < 4.78 is 10.7. The highest BCUT2D eigenvalue weighted by Gasteiger charge is 2.16. The number of likely N-dealkylation sites (N-methyl/N-ethyl adjacent to an activating group) is 1. The molecule has 0 amide bonds. The van der Waals surface area contributed by atoms with E-state index in [0.717, 1.165) is 31.0 Å². The van der Waals surface area contributed by atoms with Gasteiger partial charge in [-0.2, -0.15) is 0 Å². The van der Waals surface area contributed by atoms with Gasteiger partial charge in [-0.1, -0.05) is 19.1 Å². The Labute approximate surface area is 84.0 Å². The number of ether oxygens (including phenoxy) is 2. The number of fused-ring (bicyclic) bond motifs is 1. The Morgan fingerprint density at radius 2 is 2.29 bits per heavy atom. The summed E-state index contributed by atoms with van der Waals surface area (Å²) >= 11 is 0. The largest absolute Gasteiger partial charge is 0.454 e. The van der Waals surface area contributed by atoms with E-state index in [2.05, 4.69) is 18.3 Å². The van der Waals surface area contributed by atoms with Crippen molar-refractivity contribution in [3.05, 3.63) is 23.8 Å². The van der Waals surface area contributed by atoms with E-state index in [9.17, 15) is 0 Å². The van der Waals surface area contributed by atoms with Crippen LogP contribution in [0.3, 0.4) is 0 Å². The van der Waals surface area contributed by atoms with E-state index in [1.807, 2.05) is 12.1 Å². The summed E-state index contributed by atoms with van der Waals surface area (Å²) in [4.78, 5) is 0. The minimum atomic E-state index is 0.355. The van der Waals surface area contributed by atoms with E-state index in [-0.39, 0.29) is 0 Å². The van der Waals surface area contributed by atoms with Gasteiger partial charge in [0, 0.05) is 0 Å². The molecule has 0 aromatic heterocycles. The fraction of sp³-hybridized carbons (Fsp3) is 0.455. The van der Waals surface area contributed by atoms with Gasteiger partial charge in [0.2, 0.25) is 6.79 Å². The lowest BCUT2D eigenvalue weighted by Crippen LogP contribution is -2.16. The molecule has 2 rings (SSSR count). The number of hydrogen-bond acceptors (Lipinski definition) is 3. The molecule has 0 unspecified atom stereocenters. The molecule has 0 bridgehead atoms. The van der Waals surface area contributed by atoms with Gasteiger partial charge in [-0.25, -0.2) is 0 Å². The Bertz CT molecular complexity index is 312. The van der Waals surface area contributed by atoms with Crippen LogP contribution < -0.4 is 14.8 Å². The topological polar surface area (TPSA) is 30.5 Å². The lowest BCUT2D eigenvalue weighted by atomic mass is 10.1. The zero-order valence-electron chi connectivity index (χ0n) is 8.38. The van der Waals surface area contributed by atoms with Crippen molar-refractivity contribution in [2.24, 2.45) is 0 Å². The average Bonchev–Trinajstić information content (AvgIpc) is 2.67. The molecule has 1 aromatic rings. The maximum absolute atomic E-state index is 5.41. The van der Waals surface area contributed by atoms with Gasteiger partial charge >= 0.3 is 0 Å². The van der Waals surface area contributed by atoms with Gasteiger partial charge in [0.15, 0.2) is 11.5 Å². The lowest BCUT2D eigenvalue weighted by Gasteiger charge is -2.05. The summed E-state index contributed by atoms with van der Waals surface area (Å²) in [5.41, 5.74) is 1.22. The molecule has 0 atom stereocenters. The summed E-state index contributed by atoms with van der Waals surface area (Å²) in [6.45, 7) is 4.45. The molecule has 3 heteroatoms. The third kappa shape index (κ3) is 1.82. The normalized spacial score (nSPS) is 13.2. The molecule has 0 radical (unpaired) electrons. The van der Waals surface area contributed by atoms with Crippen LogP contribution in [0.1, 0.15) is 12.5 Å². The monoisotopic (exact) mass is 193 g/mol. The number of rotatable bonds is 4. The molecule has 1 N–H and O–H groups in total. The quantitative estimate of drug-likeness (QED) is 0.736. The lowest BCUT2D eigenvalue weighted by molar-refractivity contribution is 0.173. The van der Waals surface area contributed by atoms with E-state index in [1.54, 1.807) is 0 Å². The Balaban J connectivity index is 2.06. The number of hydrogen-bond donors (Lipinski definition) is 1. The first-order valence-corrected chi connectivity index (χ1v) is 5.00. The summed E-state index contributed by atoms with van der Waals surface area (Å²) in [5.74, 6) is 1.80. The SMILES string of the molecule is CCNCCc1cccc2c1OCO2. The van der Waals surface area contributed by atoms with Crippen molar-refractivity contribution < 1.29 is 9.47 Å². The van der Waals surface area contributed by atoms with E-state index in [0.29, 0.717) is 6.79 Å². The van der Waals surface area contributed by atoms with Crippen molar-refractivity contribution in [1.82, 2.24) is 5.32 Å². The third-order valence-corrected chi connectivity index (χ3v) is 2.30. The second kappa shape index (κ2) is 4.33. The van der Waals surface area contributed by atoms with Gasteiger partial charge in [0.25, 0.3) is 0 Å². The van der Waals surface area contributed by atoms with Gasteiger partial charge in [-0.15, -0.1) is 0 Å². The Hall–Kier alpha value is -1.22. The van der Waals surface area contributed by atoms with Gasteiger partial charge in [-0.3, -0.25) is 0 Å². The Kier molecular flexibility index (Phi) is 2.89. The first-order valence-electron chi connectivity index (χ1n) is 5.00. The maximum Gasteiger partial charge on any atom is 0.231 e. The molecular formula is C11H15NO2. The van der Waals surface area contributed by atoms with Crippen LogP contribution in [0.5, 0.6) is 11.5 Å². The first kappa shape index (κ1) is 9.34. The Morgan fingerprint density at radius 3 is 3.14 bits per heavy atom. The zero-order valence-corrected chi connectivity index (χ0v) is 8.38. The fourth-order valence-electron chi connectivity index (χ4n) is 1.59. The summed E-state index contributed by atoms with van der Waals surface area (Å²) in [6.07, 6.45) is 0.986. The van der Waals surface area contributed by atoms with Gasteiger partial charge < -0.3 is 14.8 Å². The third-order valence-electron chi connectivity index (χ3n) is 2.30. The van der Waals surface area contributed by atoms with E-state index < -0.39 is 0 Å². The minimum Gasteiger partial charge on any atom is -0.454 e. The predicted octanol–water partition coefficient (Wildman–Crippen LogP) is 1.57. The molecule has 1 aromatic carbocycles. The van der Waals surface area contributed by atoms with Crippen LogP contribution in [0.15, 0.2) is 18.2 Å². The molecular weight excluding hydrogens is 178 g/mol. The highest BCUT2D eigenvalue weighted by Crippen LogP contribution is 2.35. The minimum absolute atomic E-state index is 0.355. The van der Waals surface area contributed by atoms with Gasteiger partial charge in [0.05, 0.1) is 0 Å². The van der Waals surface area contributed by atoms with Crippen molar-refractivity contribution in [2.45, 2.75) is 13.3 Å². The number of para-hydroxylation sites is 1. The molecule has 3 nitrogen and oxygen atoms in total. The zero-order chi connectivity index (χ0) is 9.80. The van der Waals surface area contributed by atoms with Crippen molar-refractivity contribution in [2.75, 3.05) is 19.9 Å². The van der Waals surface area contributed by atoms with Crippen LogP contribution >= 0.6 is 0 Å². The van der Waals surface area contributed by atoms with Crippen LogP contribution in [0.25, 0.3) is 0 Å². The number of benzene rings is 1. The van der Waals surface area contributed by atoms with Gasteiger partial charge in [-0.05, 0) is 31.1 Å². The Morgan fingerprint density at radius 1 is 1.36 bits per heavy atom. The highest BCUT2D eigenvalue weighted by atomic mass is 16.7. The van der Waals surface area contributed by atoms with Crippen molar-refractivity contribution in [3.8, 4) is 11.5 Å². The van der Waals surface area contributed by atoms with Crippen molar-refractivity contribution in [1.29, 1.82) is 0 Å². The van der Waals surface area contributed by atoms with Crippen molar-refractivity contribution in [3.63, 3.8) is 0 Å². The first-order chi connectivity index (χ1) is 6.92. The predicted molar refractivity (Wildman–Crippen MR) is 54.8 cm³/mol. The van der Waals surface area contributed by atoms with Crippen LogP contribution in [-0.2, 0) is 6.42 Å². The fourth-order valence-corrected chi connectivity index (χ4v) is 1.59.